The zero-order valence-electron chi connectivity index (χ0n) is 14.6. The van der Waals surface area contributed by atoms with Gasteiger partial charge < -0.3 is 10.0 Å². The molecule has 2 heterocycles. The van der Waals surface area contributed by atoms with E-state index in [1.165, 1.54) is 11.8 Å². The van der Waals surface area contributed by atoms with Crippen LogP contribution in [0.1, 0.15) is 23.7 Å². The quantitative estimate of drug-likeness (QED) is 0.684. The molecule has 7 nitrogen and oxygen atoms in total. The second-order valence-electron chi connectivity index (χ2n) is 6.33. The van der Waals surface area contributed by atoms with Gasteiger partial charge in [-0.3, -0.25) is 4.79 Å². The van der Waals surface area contributed by atoms with Crippen LogP contribution >= 0.6 is 11.8 Å². The van der Waals surface area contributed by atoms with E-state index in [1.807, 2.05) is 35.2 Å². The molecule has 138 valence electrons. The topological polar surface area (TPSA) is 84.1 Å². The Morgan fingerprint density at radius 2 is 1.74 bits per heavy atom. The van der Waals surface area contributed by atoms with Crippen molar-refractivity contribution < 1.29 is 9.90 Å². The molecule has 4 rings (SSSR count). The molecular formula is C19H19N5O2S. The van der Waals surface area contributed by atoms with E-state index in [0.29, 0.717) is 5.16 Å². The maximum atomic E-state index is 13.2. The third-order valence-corrected chi connectivity index (χ3v) is 5.68. The van der Waals surface area contributed by atoms with Crippen LogP contribution in [0.15, 0.2) is 59.8 Å². The zero-order valence-corrected chi connectivity index (χ0v) is 15.4. The van der Waals surface area contributed by atoms with Crippen molar-refractivity contribution in [3.63, 3.8) is 0 Å². The third kappa shape index (κ3) is 3.80. The summed E-state index contributed by atoms with van der Waals surface area (Å²) < 4.78 is 1.58. The van der Waals surface area contributed by atoms with E-state index in [4.69, 9.17) is 0 Å². The van der Waals surface area contributed by atoms with Gasteiger partial charge in [-0.1, -0.05) is 42.1 Å². The first-order chi connectivity index (χ1) is 13.2. The number of hydrogen-bond donors (Lipinski definition) is 1. The highest BCUT2D eigenvalue weighted by Gasteiger charge is 2.30. The van der Waals surface area contributed by atoms with Crippen LogP contribution in [0, 0.1) is 0 Å². The molecule has 3 aromatic rings. The summed E-state index contributed by atoms with van der Waals surface area (Å²) in [6.45, 7) is 1.59. The van der Waals surface area contributed by atoms with E-state index >= 15 is 0 Å². The maximum absolute atomic E-state index is 13.2. The second kappa shape index (κ2) is 7.79. The van der Waals surface area contributed by atoms with Gasteiger partial charge in [0.15, 0.2) is 0 Å². The minimum absolute atomic E-state index is 0.0870. The number of rotatable bonds is 5. The molecule has 2 aromatic carbocycles. The van der Waals surface area contributed by atoms with E-state index in [2.05, 4.69) is 15.5 Å². The minimum Gasteiger partial charge on any atom is -0.508 e. The number of benzene rings is 2. The summed E-state index contributed by atoms with van der Waals surface area (Å²) in [4.78, 5) is 15.1. The zero-order chi connectivity index (χ0) is 18.6. The highest BCUT2D eigenvalue weighted by Crippen LogP contribution is 2.37. The van der Waals surface area contributed by atoms with Gasteiger partial charge in [0.2, 0.25) is 11.1 Å². The molecule has 0 spiro atoms. The van der Waals surface area contributed by atoms with Crippen LogP contribution in [-0.4, -0.2) is 49.2 Å². The van der Waals surface area contributed by atoms with E-state index in [9.17, 15) is 9.90 Å². The van der Waals surface area contributed by atoms with Gasteiger partial charge in [0.1, 0.15) is 11.0 Å². The van der Waals surface area contributed by atoms with Crippen LogP contribution in [-0.2, 0) is 4.79 Å². The van der Waals surface area contributed by atoms with Crippen LogP contribution in [0.5, 0.6) is 5.75 Å². The molecule has 1 aromatic heterocycles. The molecular weight excluding hydrogens is 362 g/mol. The summed E-state index contributed by atoms with van der Waals surface area (Å²) in [5.41, 5.74) is 1.65. The molecule has 1 N–H and O–H groups in total. The summed E-state index contributed by atoms with van der Waals surface area (Å²) in [6, 6.07) is 16.3. The second-order valence-corrected chi connectivity index (χ2v) is 7.40. The molecule has 0 bridgehead atoms. The molecule has 8 heteroatoms. The van der Waals surface area contributed by atoms with Gasteiger partial charge in [-0.2, -0.15) is 4.68 Å². The summed E-state index contributed by atoms with van der Waals surface area (Å²) in [5, 5.41) is 21.6. The SMILES string of the molecule is O=C(C(Sc1nnnn1-c1ccc(O)cc1)c1ccccc1)N1CCCC1. The van der Waals surface area contributed by atoms with E-state index in [1.54, 1.807) is 28.9 Å². The van der Waals surface area contributed by atoms with Gasteiger partial charge in [-0.25, -0.2) is 0 Å². The maximum Gasteiger partial charge on any atom is 0.240 e. The van der Waals surface area contributed by atoms with Gasteiger partial charge in [0.25, 0.3) is 0 Å². The molecule has 1 amide bonds. The lowest BCUT2D eigenvalue weighted by Crippen LogP contribution is -2.31. The van der Waals surface area contributed by atoms with Gasteiger partial charge in [-0.05, 0) is 53.1 Å². The Morgan fingerprint density at radius 1 is 1.04 bits per heavy atom. The molecule has 1 unspecified atom stereocenters. The number of hydrogen-bond acceptors (Lipinski definition) is 6. The summed E-state index contributed by atoms with van der Waals surface area (Å²) in [6.07, 6.45) is 2.09. The fraction of sp³-hybridized carbons (Fsp3) is 0.263. The molecule has 27 heavy (non-hydrogen) atoms. The van der Waals surface area contributed by atoms with E-state index in [-0.39, 0.29) is 11.7 Å². The van der Waals surface area contributed by atoms with Crippen molar-refractivity contribution in [1.29, 1.82) is 0 Å². The van der Waals surface area contributed by atoms with Crippen LogP contribution in [0.25, 0.3) is 5.69 Å². The fourth-order valence-electron chi connectivity index (χ4n) is 3.11. The summed E-state index contributed by atoms with van der Waals surface area (Å²) in [7, 11) is 0. The molecule has 1 fully saturated rings. The highest BCUT2D eigenvalue weighted by molar-refractivity contribution is 8.00. The number of nitrogens with zero attached hydrogens (tertiary/aromatic N) is 5. The number of carbonyl (C=O) groups excluding carboxylic acids is 1. The first-order valence-corrected chi connectivity index (χ1v) is 9.68. The van der Waals surface area contributed by atoms with Gasteiger partial charge in [0, 0.05) is 13.1 Å². The fourth-order valence-corrected chi connectivity index (χ4v) is 4.19. The van der Waals surface area contributed by atoms with Crippen molar-refractivity contribution in [3.05, 3.63) is 60.2 Å². The van der Waals surface area contributed by atoms with Crippen LogP contribution in [0.2, 0.25) is 0 Å². The molecule has 1 aliphatic heterocycles. The average molecular weight is 381 g/mol. The Balaban J connectivity index is 1.65. The number of aromatic nitrogens is 4. The molecule has 0 radical (unpaired) electrons. The van der Waals surface area contributed by atoms with Crippen molar-refractivity contribution >= 4 is 17.7 Å². The minimum atomic E-state index is -0.411. The number of carbonyl (C=O) groups is 1. The lowest BCUT2D eigenvalue weighted by atomic mass is 10.1. The Bertz CT molecular complexity index is 907. The number of likely N-dealkylation sites (tertiary alicyclic amines) is 1. The molecule has 1 saturated heterocycles. The lowest BCUT2D eigenvalue weighted by Gasteiger charge is -2.22. The Hall–Kier alpha value is -2.87. The van der Waals surface area contributed by atoms with Crippen molar-refractivity contribution in [1.82, 2.24) is 25.1 Å². The monoisotopic (exact) mass is 381 g/mol. The third-order valence-electron chi connectivity index (χ3n) is 4.50. The number of phenols is 1. The molecule has 1 aliphatic rings. The molecule has 0 saturated carbocycles. The van der Waals surface area contributed by atoms with Gasteiger partial charge in [0.05, 0.1) is 5.69 Å². The van der Waals surface area contributed by atoms with Crippen molar-refractivity contribution in [2.45, 2.75) is 23.2 Å². The van der Waals surface area contributed by atoms with E-state index in [0.717, 1.165) is 37.2 Å². The van der Waals surface area contributed by atoms with Crippen molar-refractivity contribution in [2.75, 3.05) is 13.1 Å². The van der Waals surface area contributed by atoms with Gasteiger partial charge in [-0.15, -0.1) is 5.10 Å². The van der Waals surface area contributed by atoms with E-state index < -0.39 is 5.25 Å². The van der Waals surface area contributed by atoms with Crippen LogP contribution in [0.3, 0.4) is 0 Å². The average Bonchev–Trinajstić information content (AvgIpc) is 3.39. The first-order valence-electron chi connectivity index (χ1n) is 8.80. The Morgan fingerprint density at radius 3 is 2.44 bits per heavy atom. The number of thioether (sulfide) groups is 1. The lowest BCUT2D eigenvalue weighted by molar-refractivity contribution is -0.129. The standard InChI is InChI=1S/C19H19N5O2S/c25-16-10-8-15(9-11-16)24-19(20-21-22-24)27-17(14-6-2-1-3-7-14)18(26)23-12-4-5-13-23/h1-3,6-11,17,25H,4-5,12-13H2. The van der Waals surface area contributed by atoms with Crippen molar-refractivity contribution in [3.8, 4) is 11.4 Å². The number of aromatic hydroxyl groups is 1. The molecule has 0 aliphatic carbocycles. The van der Waals surface area contributed by atoms with Crippen LogP contribution in [0.4, 0.5) is 0 Å². The number of phenolic OH excluding ortho intramolecular Hbond substituents is 1. The Kier molecular flexibility index (Phi) is 5.06. The normalized spacial score (nSPS) is 15.0. The molecule has 1 atom stereocenters. The smallest absolute Gasteiger partial charge is 0.240 e. The largest absolute Gasteiger partial charge is 0.508 e. The predicted octanol–water partition coefficient (Wildman–Crippen LogP) is 2.82. The summed E-state index contributed by atoms with van der Waals surface area (Å²) in [5.74, 6) is 0.261. The first kappa shape index (κ1) is 17.5. The number of amides is 1. The summed E-state index contributed by atoms with van der Waals surface area (Å²) >= 11 is 1.34. The highest BCUT2D eigenvalue weighted by atomic mass is 32.2. The predicted molar refractivity (Wildman–Crippen MR) is 102 cm³/mol. The number of tetrazole rings is 1. The Labute approximate surface area is 161 Å². The van der Waals surface area contributed by atoms with Crippen LogP contribution < -0.4 is 0 Å². The van der Waals surface area contributed by atoms with Crippen molar-refractivity contribution in [2.24, 2.45) is 0 Å². The van der Waals surface area contributed by atoms with Gasteiger partial charge >= 0.3 is 0 Å².